The molecule has 0 unspecified atom stereocenters. The van der Waals surface area contributed by atoms with Crippen molar-refractivity contribution in [3.05, 3.63) is 27.7 Å². The van der Waals surface area contributed by atoms with E-state index in [-0.39, 0.29) is 12.3 Å². The van der Waals surface area contributed by atoms with E-state index in [4.69, 9.17) is 4.11 Å². The number of benzene rings is 1. The van der Waals surface area contributed by atoms with Crippen molar-refractivity contribution in [2.45, 2.75) is 13.3 Å². The average Bonchev–Trinajstić information content (AvgIpc) is 2.48. The maximum absolute atomic E-state index is 11.7. The van der Waals surface area contributed by atoms with Crippen molar-refractivity contribution in [2.75, 3.05) is 11.9 Å². The van der Waals surface area contributed by atoms with Gasteiger partial charge in [-0.2, -0.15) is 0 Å². The van der Waals surface area contributed by atoms with Crippen LogP contribution in [0.5, 0.6) is 0 Å². The Kier molecular flexibility index (Phi) is 1.27. The smallest absolute Gasteiger partial charge is 0.231 e. The summed E-state index contributed by atoms with van der Waals surface area (Å²) in [4.78, 5) is 12.6. The predicted octanol–water partition coefficient (Wildman–Crippen LogP) is 2.28. The number of halogens is 1. The van der Waals surface area contributed by atoms with E-state index in [0.29, 0.717) is 5.69 Å². The minimum atomic E-state index is -2.40. The summed E-state index contributed by atoms with van der Waals surface area (Å²) in [6.07, 6.45) is 0.166. The second-order valence-electron chi connectivity index (χ2n) is 3.08. The second-order valence-corrected chi connectivity index (χ2v) is 3.93. The van der Waals surface area contributed by atoms with Gasteiger partial charge in [-0.15, -0.1) is 0 Å². The zero-order valence-electron chi connectivity index (χ0n) is 10.1. The predicted molar refractivity (Wildman–Crippen MR) is 56.0 cm³/mol. The largest absolute Gasteiger partial charge is 0.315 e. The molecule has 0 fully saturated rings. The number of anilines is 1. The molecule has 0 bridgehead atoms. The lowest BCUT2D eigenvalue weighted by atomic mass is 10.1. The lowest BCUT2D eigenvalue weighted by Crippen LogP contribution is -2.20. The van der Waals surface area contributed by atoms with Crippen LogP contribution in [0.2, 0.25) is 0 Å². The molecule has 0 aliphatic carbocycles. The molecule has 0 atom stereocenters. The molecule has 1 aromatic rings. The van der Waals surface area contributed by atoms with E-state index >= 15 is 0 Å². The summed E-state index contributed by atoms with van der Waals surface area (Å²) in [5.74, 6) is -0.365. The van der Waals surface area contributed by atoms with Crippen LogP contribution in [0.25, 0.3) is 0 Å². The molecule has 13 heavy (non-hydrogen) atoms. The maximum atomic E-state index is 11.7. The van der Waals surface area contributed by atoms with Crippen molar-refractivity contribution in [1.29, 1.82) is 0 Å². The standard InChI is InChI=1S/C10H10BrNO/c1-6-7-5-10(13)12(2)9(7)4-3-8(6)11/h3-4H,5H2,1-2H3/i2D3. The van der Waals surface area contributed by atoms with Gasteiger partial charge in [0.15, 0.2) is 0 Å². The summed E-state index contributed by atoms with van der Waals surface area (Å²) in [6.45, 7) is -0.526. The van der Waals surface area contributed by atoms with E-state index in [1.54, 1.807) is 12.1 Å². The van der Waals surface area contributed by atoms with Gasteiger partial charge in [-0.05, 0) is 30.2 Å². The van der Waals surface area contributed by atoms with Crippen LogP contribution in [0, 0.1) is 6.92 Å². The fourth-order valence-corrected chi connectivity index (χ4v) is 1.88. The monoisotopic (exact) mass is 242 g/mol. The summed E-state index contributed by atoms with van der Waals surface area (Å²) < 4.78 is 22.9. The van der Waals surface area contributed by atoms with Crippen LogP contribution in [0.4, 0.5) is 5.69 Å². The van der Waals surface area contributed by atoms with E-state index in [1.807, 2.05) is 6.92 Å². The van der Waals surface area contributed by atoms with Crippen molar-refractivity contribution < 1.29 is 8.91 Å². The van der Waals surface area contributed by atoms with Crippen LogP contribution in [0.3, 0.4) is 0 Å². The minimum absolute atomic E-state index is 0.166. The third-order valence-corrected chi connectivity index (χ3v) is 3.19. The van der Waals surface area contributed by atoms with E-state index in [0.717, 1.165) is 20.5 Å². The van der Waals surface area contributed by atoms with Gasteiger partial charge in [0, 0.05) is 21.2 Å². The Hall–Kier alpha value is -0.830. The molecule has 0 spiro atoms. The van der Waals surface area contributed by atoms with Crippen molar-refractivity contribution in [3.8, 4) is 0 Å². The number of carbonyl (C=O) groups excluding carboxylic acids is 1. The number of amides is 1. The normalized spacial score (nSPS) is 19.4. The van der Waals surface area contributed by atoms with Gasteiger partial charge in [0.25, 0.3) is 0 Å². The molecule has 1 aliphatic rings. The van der Waals surface area contributed by atoms with Gasteiger partial charge in [-0.25, -0.2) is 0 Å². The Morgan fingerprint density at radius 1 is 1.62 bits per heavy atom. The molecular weight excluding hydrogens is 230 g/mol. The first kappa shape index (κ1) is 5.81. The molecular formula is C10H10BrNO. The molecule has 0 radical (unpaired) electrons. The molecule has 3 heteroatoms. The molecule has 68 valence electrons. The molecule has 0 aromatic heterocycles. The lowest BCUT2D eigenvalue weighted by molar-refractivity contribution is -0.117. The third kappa shape index (κ3) is 1.18. The Morgan fingerprint density at radius 2 is 2.38 bits per heavy atom. The highest BCUT2D eigenvalue weighted by Crippen LogP contribution is 2.33. The lowest BCUT2D eigenvalue weighted by Gasteiger charge is -2.10. The van der Waals surface area contributed by atoms with Gasteiger partial charge in [0.2, 0.25) is 5.91 Å². The minimum Gasteiger partial charge on any atom is -0.315 e. The van der Waals surface area contributed by atoms with Gasteiger partial charge in [0.1, 0.15) is 0 Å². The highest BCUT2D eigenvalue weighted by molar-refractivity contribution is 9.10. The zero-order valence-corrected chi connectivity index (χ0v) is 8.68. The SMILES string of the molecule is [2H]C([2H])([2H])N1C(=O)Cc2c1ccc(Br)c2C. The number of hydrogen-bond donors (Lipinski definition) is 0. The van der Waals surface area contributed by atoms with Crippen LogP contribution < -0.4 is 4.90 Å². The summed E-state index contributed by atoms with van der Waals surface area (Å²) in [5, 5.41) is 0. The van der Waals surface area contributed by atoms with Crippen molar-refractivity contribution in [3.63, 3.8) is 0 Å². The Morgan fingerprint density at radius 3 is 3.08 bits per heavy atom. The van der Waals surface area contributed by atoms with Crippen LogP contribution in [0.15, 0.2) is 16.6 Å². The van der Waals surface area contributed by atoms with Gasteiger partial charge in [-0.3, -0.25) is 4.79 Å². The molecule has 1 amide bonds. The average molecular weight is 243 g/mol. The first-order valence-corrected chi connectivity index (χ1v) is 4.72. The molecule has 1 heterocycles. The molecule has 2 nitrogen and oxygen atoms in total. The summed E-state index contributed by atoms with van der Waals surface area (Å²) in [7, 11) is 0. The fraction of sp³-hybridized carbons (Fsp3) is 0.300. The third-order valence-electron chi connectivity index (χ3n) is 2.33. The summed E-state index contributed by atoms with van der Waals surface area (Å²) in [5.41, 5.74) is 2.24. The maximum Gasteiger partial charge on any atom is 0.231 e. The van der Waals surface area contributed by atoms with Crippen LogP contribution in [0.1, 0.15) is 15.2 Å². The van der Waals surface area contributed by atoms with Gasteiger partial charge >= 0.3 is 0 Å². The Labute approximate surface area is 89.9 Å². The van der Waals surface area contributed by atoms with E-state index in [2.05, 4.69) is 15.9 Å². The first-order valence-electron chi connectivity index (χ1n) is 5.43. The van der Waals surface area contributed by atoms with Crippen LogP contribution in [-0.2, 0) is 11.2 Å². The van der Waals surface area contributed by atoms with E-state index < -0.39 is 6.98 Å². The zero-order chi connectivity index (χ0) is 12.1. The van der Waals surface area contributed by atoms with Crippen molar-refractivity contribution in [2.24, 2.45) is 0 Å². The fourth-order valence-electron chi connectivity index (χ4n) is 1.51. The van der Waals surface area contributed by atoms with Crippen molar-refractivity contribution >= 4 is 27.5 Å². The van der Waals surface area contributed by atoms with Gasteiger partial charge in [0.05, 0.1) is 6.42 Å². The van der Waals surface area contributed by atoms with Crippen molar-refractivity contribution in [1.82, 2.24) is 0 Å². The molecule has 1 aliphatic heterocycles. The molecule has 0 saturated carbocycles. The molecule has 2 rings (SSSR count). The molecule has 1 aromatic carbocycles. The number of fused-ring (bicyclic) bond motifs is 1. The van der Waals surface area contributed by atoms with Gasteiger partial charge < -0.3 is 4.90 Å². The number of nitrogens with zero attached hydrogens (tertiary/aromatic N) is 1. The Balaban J connectivity index is 2.60. The second kappa shape index (κ2) is 2.84. The Bertz CT molecular complexity index is 470. The number of hydrogen-bond acceptors (Lipinski definition) is 1. The number of carbonyl (C=O) groups is 1. The number of rotatable bonds is 0. The van der Waals surface area contributed by atoms with Gasteiger partial charge in [-0.1, -0.05) is 15.9 Å². The van der Waals surface area contributed by atoms with Crippen LogP contribution >= 0.6 is 15.9 Å². The molecule has 0 N–H and O–H groups in total. The quantitative estimate of drug-likeness (QED) is 0.684. The summed E-state index contributed by atoms with van der Waals surface area (Å²) >= 11 is 3.37. The highest BCUT2D eigenvalue weighted by atomic mass is 79.9. The van der Waals surface area contributed by atoms with E-state index in [9.17, 15) is 4.79 Å². The highest BCUT2D eigenvalue weighted by Gasteiger charge is 2.25. The summed E-state index contributed by atoms with van der Waals surface area (Å²) in [6, 6.07) is 3.44. The van der Waals surface area contributed by atoms with E-state index in [1.165, 1.54) is 0 Å². The van der Waals surface area contributed by atoms with Crippen LogP contribution in [-0.4, -0.2) is 12.9 Å². The first-order chi connectivity index (χ1) is 7.32. The topological polar surface area (TPSA) is 20.3 Å². The number of likely N-dealkylation sites (N-methyl/N-ethyl adjacent to an activating group) is 1. The molecule has 0 saturated heterocycles.